The summed E-state index contributed by atoms with van der Waals surface area (Å²) >= 11 is 0. The molecule has 32 heavy (non-hydrogen) atoms. The van der Waals surface area contributed by atoms with Crippen LogP contribution in [0.2, 0.25) is 0 Å². The molecular weight excluding hydrogens is 400 g/mol. The second kappa shape index (κ2) is 8.35. The number of carbonyl (C=O) groups excluding carboxylic acids is 1. The summed E-state index contributed by atoms with van der Waals surface area (Å²) in [5.74, 6) is 1.75. The van der Waals surface area contributed by atoms with Gasteiger partial charge in [0.05, 0.1) is 24.1 Å². The van der Waals surface area contributed by atoms with E-state index in [2.05, 4.69) is 62.4 Å². The lowest BCUT2D eigenvalue weighted by atomic mass is 9.79. The molecular formula is C25H34N6O. The van der Waals surface area contributed by atoms with Crippen LogP contribution in [0.3, 0.4) is 0 Å². The van der Waals surface area contributed by atoms with Crippen LogP contribution in [-0.4, -0.2) is 47.6 Å². The van der Waals surface area contributed by atoms with Gasteiger partial charge in [-0.15, -0.1) is 0 Å². The second-order valence-electron chi connectivity index (χ2n) is 9.79. The summed E-state index contributed by atoms with van der Waals surface area (Å²) in [7, 11) is 0. The molecule has 1 aromatic heterocycles. The molecule has 3 aliphatic rings. The van der Waals surface area contributed by atoms with Gasteiger partial charge in [0.15, 0.2) is 0 Å². The van der Waals surface area contributed by atoms with E-state index in [1.54, 1.807) is 13.1 Å². The Hall–Kier alpha value is -2.67. The Morgan fingerprint density at radius 2 is 2.00 bits per heavy atom. The van der Waals surface area contributed by atoms with Gasteiger partial charge in [-0.25, -0.2) is 4.98 Å². The van der Waals surface area contributed by atoms with E-state index in [4.69, 9.17) is 0 Å². The van der Waals surface area contributed by atoms with Gasteiger partial charge in [-0.2, -0.15) is 0 Å². The summed E-state index contributed by atoms with van der Waals surface area (Å²) in [4.78, 5) is 26.4. The van der Waals surface area contributed by atoms with Crippen molar-refractivity contribution in [3.63, 3.8) is 0 Å². The van der Waals surface area contributed by atoms with Crippen molar-refractivity contribution >= 4 is 23.1 Å². The molecule has 0 spiro atoms. The standard InChI is InChI=1S/C25H34N6O/c1-15-12-28-23(13-27-15)29-24-17(3)25(19-5-6-19)31(18(4)32)22-8-7-20(11-21(22)24)30-10-9-26-16(2)14-30/h7-8,11-13,16-17,19,24-26H,5-6,9-10,14H2,1-4H3,(H,28,29)/t16-,17+,24+,25+/m0/s1. The number of fused-ring (bicyclic) bond motifs is 1. The number of anilines is 3. The van der Waals surface area contributed by atoms with E-state index >= 15 is 0 Å². The van der Waals surface area contributed by atoms with Crippen LogP contribution in [0.15, 0.2) is 30.6 Å². The lowest BCUT2D eigenvalue weighted by Gasteiger charge is -2.46. The Bertz CT molecular complexity index is 988. The zero-order valence-electron chi connectivity index (χ0n) is 19.5. The van der Waals surface area contributed by atoms with E-state index in [9.17, 15) is 4.79 Å². The molecule has 2 aliphatic heterocycles. The molecule has 5 rings (SSSR count). The Morgan fingerprint density at radius 3 is 2.66 bits per heavy atom. The first-order valence-electron chi connectivity index (χ1n) is 11.9. The van der Waals surface area contributed by atoms with Gasteiger partial charge in [0.2, 0.25) is 5.91 Å². The maximum absolute atomic E-state index is 12.8. The highest BCUT2D eigenvalue weighted by molar-refractivity contribution is 5.94. The normalized spacial score (nSPS) is 27.8. The minimum atomic E-state index is 0.0727. The fourth-order valence-electron chi connectivity index (χ4n) is 5.54. The molecule has 1 saturated carbocycles. The number of nitrogens with zero attached hydrogens (tertiary/aromatic N) is 4. The highest BCUT2D eigenvalue weighted by atomic mass is 16.2. The van der Waals surface area contributed by atoms with E-state index in [1.807, 2.05) is 13.1 Å². The number of benzene rings is 1. The summed E-state index contributed by atoms with van der Waals surface area (Å²) in [5, 5.41) is 7.20. The van der Waals surface area contributed by atoms with E-state index in [0.717, 1.165) is 36.8 Å². The molecule has 1 amide bonds. The highest BCUT2D eigenvalue weighted by Crippen LogP contribution is 2.50. The quantitative estimate of drug-likeness (QED) is 0.767. The number of hydrogen-bond acceptors (Lipinski definition) is 6. The average molecular weight is 435 g/mol. The molecule has 1 aliphatic carbocycles. The van der Waals surface area contributed by atoms with Gasteiger partial charge in [0, 0.05) is 61.5 Å². The number of nitrogens with one attached hydrogen (secondary N) is 2. The number of hydrogen-bond donors (Lipinski definition) is 2. The molecule has 7 heteroatoms. The molecule has 3 heterocycles. The fourth-order valence-corrected chi connectivity index (χ4v) is 5.54. The molecule has 1 aromatic carbocycles. The Kier molecular flexibility index (Phi) is 5.53. The predicted octanol–water partition coefficient (Wildman–Crippen LogP) is 3.52. The number of aryl methyl sites for hydroxylation is 1. The molecule has 0 radical (unpaired) electrons. The first-order chi connectivity index (χ1) is 15.4. The lowest BCUT2D eigenvalue weighted by molar-refractivity contribution is -0.117. The molecule has 7 nitrogen and oxygen atoms in total. The van der Waals surface area contributed by atoms with E-state index in [0.29, 0.717) is 12.0 Å². The monoisotopic (exact) mass is 434 g/mol. The van der Waals surface area contributed by atoms with Crippen molar-refractivity contribution in [3.05, 3.63) is 41.9 Å². The summed E-state index contributed by atoms with van der Waals surface area (Å²) in [6, 6.07) is 7.39. The number of aromatic nitrogens is 2. The number of piperazine rings is 1. The maximum Gasteiger partial charge on any atom is 0.224 e. The smallest absolute Gasteiger partial charge is 0.224 e. The molecule has 2 fully saturated rings. The summed E-state index contributed by atoms with van der Waals surface area (Å²) < 4.78 is 0. The molecule has 170 valence electrons. The third-order valence-electron chi connectivity index (χ3n) is 7.23. The Balaban J connectivity index is 1.57. The summed E-state index contributed by atoms with van der Waals surface area (Å²) in [6.45, 7) is 11.1. The van der Waals surface area contributed by atoms with Crippen LogP contribution in [0.1, 0.15) is 50.9 Å². The molecule has 0 bridgehead atoms. The zero-order chi connectivity index (χ0) is 22.4. The second-order valence-corrected chi connectivity index (χ2v) is 9.79. The largest absolute Gasteiger partial charge is 0.369 e. The molecule has 2 aromatic rings. The van der Waals surface area contributed by atoms with Gasteiger partial charge in [-0.3, -0.25) is 9.78 Å². The van der Waals surface area contributed by atoms with Crippen LogP contribution >= 0.6 is 0 Å². The van der Waals surface area contributed by atoms with E-state index < -0.39 is 0 Å². The van der Waals surface area contributed by atoms with Crippen LogP contribution in [0, 0.1) is 18.8 Å². The van der Waals surface area contributed by atoms with Crippen LogP contribution in [0.4, 0.5) is 17.2 Å². The van der Waals surface area contributed by atoms with Gasteiger partial charge >= 0.3 is 0 Å². The highest BCUT2D eigenvalue weighted by Gasteiger charge is 2.47. The molecule has 1 saturated heterocycles. The minimum absolute atomic E-state index is 0.0727. The van der Waals surface area contributed by atoms with Crippen molar-refractivity contribution in [1.82, 2.24) is 15.3 Å². The minimum Gasteiger partial charge on any atom is -0.369 e. The van der Waals surface area contributed by atoms with Gasteiger partial charge < -0.3 is 20.4 Å². The van der Waals surface area contributed by atoms with Gasteiger partial charge in [0.25, 0.3) is 0 Å². The third-order valence-corrected chi connectivity index (χ3v) is 7.23. The predicted molar refractivity (Wildman–Crippen MR) is 128 cm³/mol. The number of amides is 1. The zero-order valence-corrected chi connectivity index (χ0v) is 19.5. The Labute approximate surface area is 190 Å². The van der Waals surface area contributed by atoms with Crippen molar-refractivity contribution in [1.29, 1.82) is 0 Å². The van der Waals surface area contributed by atoms with Gasteiger partial charge in [0.1, 0.15) is 5.82 Å². The van der Waals surface area contributed by atoms with Crippen LogP contribution in [-0.2, 0) is 4.79 Å². The molecule has 0 unspecified atom stereocenters. The molecule has 4 atom stereocenters. The van der Waals surface area contributed by atoms with Crippen molar-refractivity contribution in [2.24, 2.45) is 11.8 Å². The fraction of sp³-hybridized carbons (Fsp3) is 0.560. The average Bonchev–Trinajstić information content (AvgIpc) is 3.61. The summed E-state index contributed by atoms with van der Waals surface area (Å²) in [6.07, 6.45) is 6.01. The van der Waals surface area contributed by atoms with Crippen molar-refractivity contribution < 1.29 is 4.79 Å². The first-order valence-corrected chi connectivity index (χ1v) is 11.9. The van der Waals surface area contributed by atoms with Crippen molar-refractivity contribution in [3.8, 4) is 0 Å². The van der Waals surface area contributed by atoms with Gasteiger partial charge in [-0.05, 0) is 50.8 Å². The Morgan fingerprint density at radius 1 is 1.19 bits per heavy atom. The van der Waals surface area contributed by atoms with E-state index in [1.165, 1.54) is 24.1 Å². The summed E-state index contributed by atoms with van der Waals surface area (Å²) in [5.41, 5.74) is 4.34. The number of rotatable bonds is 4. The SMILES string of the molecule is CC(=O)N1c2ccc(N3CCN[C@@H](C)C3)cc2[C@H](Nc2cnc(C)cn2)[C@@H](C)[C@@H]1C1CC1. The van der Waals surface area contributed by atoms with Crippen LogP contribution in [0.5, 0.6) is 0 Å². The van der Waals surface area contributed by atoms with Gasteiger partial charge in [-0.1, -0.05) is 6.92 Å². The molecule has 2 N–H and O–H groups in total. The first kappa shape index (κ1) is 21.2. The lowest BCUT2D eigenvalue weighted by Crippen LogP contribution is -2.51. The van der Waals surface area contributed by atoms with Crippen molar-refractivity contribution in [2.45, 2.75) is 58.7 Å². The topological polar surface area (TPSA) is 73.4 Å². The third kappa shape index (κ3) is 3.94. The van der Waals surface area contributed by atoms with Crippen molar-refractivity contribution in [2.75, 3.05) is 34.8 Å². The van der Waals surface area contributed by atoms with Crippen LogP contribution < -0.4 is 20.4 Å². The number of carbonyl (C=O) groups is 1. The van der Waals surface area contributed by atoms with Crippen LogP contribution in [0.25, 0.3) is 0 Å². The maximum atomic E-state index is 12.8. The van der Waals surface area contributed by atoms with E-state index in [-0.39, 0.29) is 23.9 Å².